The molecule has 0 unspecified atom stereocenters. The number of carbonyl (C=O) groups is 2. The van der Waals surface area contributed by atoms with E-state index in [0.29, 0.717) is 109 Å². The van der Waals surface area contributed by atoms with Gasteiger partial charge in [-0.05, 0) is 63.0 Å². The number of fused-ring (bicyclic) bond motifs is 1. The summed E-state index contributed by atoms with van der Waals surface area (Å²) >= 11 is 0. The molecule has 0 spiro atoms. The van der Waals surface area contributed by atoms with E-state index < -0.39 is 0 Å². The summed E-state index contributed by atoms with van der Waals surface area (Å²) in [6.45, 7) is 14.7. The number of nitrogens with one attached hydrogen (secondary N) is 1. The zero-order valence-electron chi connectivity index (χ0n) is 32.8. The molecule has 2 fully saturated rings. The molecule has 3 aromatic rings. The summed E-state index contributed by atoms with van der Waals surface area (Å²) in [6.07, 6.45) is 2.49. The van der Waals surface area contributed by atoms with Crippen molar-refractivity contribution in [2.24, 2.45) is 0 Å². The van der Waals surface area contributed by atoms with Gasteiger partial charge in [0.1, 0.15) is 12.4 Å². The van der Waals surface area contributed by atoms with Gasteiger partial charge in [-0.25, -0.2) is 4.98 Å². The lowest BCUT2D eigenvalue weighted by molar-refractivity contribution is -0.136. The van der Waals surface area contributed by atoms with Crippen LogP contribution >= 0.6 is 0 Å². The van der Waals surface area contributed by atoms with E-state index in [9.17, 15) is 14.4 Å². The summed E-state index contributed by atoms with van der Waals surface area (Å²) in [5.41, 5.74) is 3.35. The molecular formula is C41H60N6O8. The third-order valence-electron chi connectivity index (χ3n) is 10.0. The topological polar surface area (TPSA) is 137 Å². The summed E-state index contributed by atoms with van der Waals surface area (Å²) in [6, 6.07) is 13.4. The van der Waals surface area contributed by atoms with Crippen LogP contribution in [0.5, 0.6) is 0 Å². The molecule has 2 saturated heterocycles. The second-order valence-corrected chi connectivity index (χ2v) is 14.1. The van der Waals surface area contributed by atoms with Crippen molar-refractivity contribution in [3.63, 3.8) is 0 Å². The van der Waals surface area contributed by atoms with Crippen LogP contribution in [0.2, 0.25) is 0 Å². The van der Waals surface area contributed by atoms with E-state index in [2.05, 4.69) is 15.1 Å². The molecule has 14 heteroatoms. The van der Waals surface area contributed by atoms with Gasteiger partial charge < -0.3 is 33.9 Å². The Morgan fingerprint density at radius 3 is 1.84 bits per heavy atom. The van der Waals surface area contributed by atoms with Gasteiger partial charge in [-0.1, -0.05) is 30.3 Å². The van der Waals surface area contributed by atoms with E-state index in [1.165, 1.54) is 0 Å². The second-order valence-electron chi connectivity index (χ2n) is 14.1. The number of morpholine rings is 1. The molecule has 302 valence electrons. The zero-order chi connectivity index (χ0) is 38.7. The minimum atomic E-state index is -0.181. The summed E-state index contributed by atoms with van der Waals surface area (Å²) < 4.78 is 30.7. The lowest BCUT2D eigenvalue weighted by Crippen LogP contribution is -2.44. The standard InChI is InChI=1S/C41H60N6O8/c1-33-8-3-4-11-36(33)42-38(48)13-7-15-45-18-24-54-30-28-52-22-16-44(17-23-53-29-31-55-25-19-45)14-6-12-37-43-40-34(2)9-5-10-35(40)41(50)47(37)32-39(49)46-20-26-51-27-21-46/h3-5,8-11H,6-7,12-32H2,1-2H3,(H,42,48). The predicted octanol–water partition coefficient (Wildman–Crippen LogP) is 2.91. The molecule has 14 nitrogen and oxygen atoms in total. The molecule has 55 heavy (non-hydrogen) atoms. The number of rotatable bonds is 11. The number of para-hydroxylation sites is 2. The first-order chi connectivity index (χ1) is 26.9. The molecular weight excluding hydrogens is 704 g/mol. The van der Waals surface area contributed by atoms with E-state index in [1.54, 1.807) is 15.5 Å². The summed E-state index contributed by atoms with van der Waals surface area (Å²) in [5, 5.41) is 3.55. The summed E-state index contributed by atoms with van der Waals surface area (Å²) in [5.74, 6) is 0.550. The molecule has 5 rings (SSSR count). The first-order valence-electron chi connectivity index (χ1n) is 19.8. The minimum Gasteiger partial charge on any atom is -0.378 e. The van der Waals surface area contributed by atoms with Gasteiger partial charge in [-0.15, -0.1) is 0 Å². The van der Waals surface area contributed by atoms with Crippen LogP contribution in [-0.4, -0.2) is 154 Å². The Hall–Kier alpha value is -3.76. The Bertz CT molecular complexity index is 1680. The monoisotopic (exact) mass is 764 g/mol. The van der Waals surface area contributed by atoms with Crippen molar-refractivity contribution in [1.82, 2.24) is 24.3 Å². The van der Waals surface area contributed by atoms with E-state index in [1.807, 2.05) is 50.2 Å². The largest absolute Gasteiger partial charge is 0.378 e. The van der Waals surface area contributed by atoms with Crippen LogP contribution in [-0.2, 0) is 46.2 Å². The Balaban J connectivity index is 1.08. The van der Waals surface area contributed by atoms with Gasteiger partial charge in [0.2, 0.25) is 11.8 Å². The van der Waals surface area contributed by atoms with Crippen LogP contribution in [0.25, 0.3) is 10.9 Å². The van der Waals surface area contributed by atoms with Gasteiger partial charge in [0.25, 0.3) is 5.56 Å². The average molecular weight is 765 g/mol. The Morgan fingerprint density at radius 2 is 1.22 bits per heavy atom. The van der Waals surface area contributed by atoms with Gasteiger partial charge in [0.05, 0.1) is 77.0 Å². The van der Waals surface area contributed by atoms with Gasteiger partial charge in [0.15, 0.2) is 0 Å². The number of nitrogens with zero attached hydrogens (tertiary/aromatic N) is 5. The molecule has 2 aromatic carbocycles. The smallest absolute Gasteiger partial charge is 0.261 e. The lowest BCUT2D eigenvalue weighted by atomic mass is 10.1. The molecule has 0 aliphatic carbocycles. The van der Waals surface area contributed by atoms with Gasteiger partial charge >= 0.3 is 0 Å². The first-order valence-corrected chi connectivity index (χ1v) is 19.8. The number of aromatic nitrogens is 2. The van der Waals surface area contributed by atoms with Crippen LogP contribution < -0.4 is 10.9 Å². The molecule has 2 amide bonds. The minimum absolute atomic E-state index is 0.0202. The first kappa shape index (κ1) is 42.4. The number of amides is 2. The van der Waals surface area contributed by atoms with Crippen LogP contribution in [0.15, 0.2) is 47.3 Å². The number of hydrogen-bond acceptors (Lipinski definition) is 11. The van der Waals surface area contributed by atoms with Crippen molar-refractivity contribution in [3.05, 3.63) is 69.8 Å². The van der Waals surface area contributed by atoms with Crippen LogP contribution in [0.4, 0.5) is 5.69 Å². The Morgan fingerprint density at radius 1 is 0.673 bits per heavy atom. The van der Waals surface area contributed by atoms with Gasteiger partial charge in [-0.3, -0.25) is 28.8 Å². The lowest BCUT2D eigenvalue weighted by Gasteiger charge is -2.27. The van der Waals surface area contributed by atoms with E-state index in [0.717, 1.165) is 68.9 Å². The molecule has 0 saturated carbocycles. The SMILES string of the molecule is Cc1ccccc1NC(=O)CCCN1CCOCCOCCN(CCCc2nc3c(C)cccc3c(=O)n2CC(=O)N2CCOCC2)CCOCCOCC1. The number of ether oxygens (including phenoxy) is 5. The number of benzene rings is 2. The van der Waals surface area contributed by atoms with Crippen LogP contribution in [0, 0.1) is 13.8 Å². The van der Waals surface area contributed by atoms with Crippen molar-refractivity contribution in [2.45, 2.75) is 46.1 Å². The van der Waals surface area contributed by atoms with Crippen molar-refractivity contribution in [2.75, 3.05) is 124 Å². The molecule has 0 radical (unpaired) electrons. The number of anilines is 1. The highest BCUT2D eigenvalue weighted by molar-refractivity contribution is 5.91. The van der Waals surface area contributed by atoms with Crippen molar-refractivity contribution >= 4 is 28.4 Å². The van der Waals surface area contributed by atoms with E-state index in [4.69, 9.17) is 28.7 Å². The van der Waals surface area contributed by atoms with Crippen LogP contribution in [0.1, 0.15) is 36.2 Å². The molecule has 2 aliphatic rings. The predicted molar refractivity (Wildman–Crippen MR) is 212 cm³/mol. The van der Waals surface area contributed by atoms with Crippen molar-refractivity contribution in [3.8, 4) is 0 Å². The third kappa shape index (κ3) is 14.0. The highest BCUT2D eigenvalue weighted by atomic mass is 16.5. The summed E-state index contributed by atoms with van der Waals surface area (Å²) in [4.78, 5) is 50.8. The Labute approximate surface area is 325 Å². The zero-order valence-corrected chi connectivity index (χ0v) is 32.8. The quantitative estimate of drug-likeness (QED) is 0.309. The summed E-state index contributed by atoms with van der Waals surface area (Å²) in [7, 11) is 0. The number of carbonyl (C=O) groups excluding carboxylic acids is 2. The fourth-order valence-corrected chi connectivity index (χ4v) is 6.77. The van der Waals surface area contributed by atoms with E-state index in [-0.39, 0.29) is 23.9 Å². The molecule has 0 atom stereocenters. The highest BCUT2D eigenvalue weighted by Gasteiger charge is 2.21. The van der Waals surface area contributed by atoms with E-state index >= 15 is 0 Å². The maximum absolute atomic E-state index is 13.7. The molecule has 0 bridgehead atoms. The number of hydrogen-bond donors (Lipinski definition) is 1. The van der Waals surface area contributed by atoms with Crippen LogP contribution in [0.3, 0.4) is 0 Å². The fourth-order valence-electron chi connectivity index (χ4n) is 6.77. The maximum atomic E-state index is 13.7. The average Bonchev–Trinajstić information content (AvgIpc) is 3.18. The van der Waals surface area contributed by atoms with Gasteiger partial charge in [0, 0.05) is 57.8 Å². The maximum Gasteiger partial charge on any atom is 0.261 e. The second kappa shape index (κ2) is 23.3. The molecule has 1 aromatic heterocycles. The van der Waals surface area contributed by atoms with Crippen molar-refractivity contribution < 1.29 is 33.3 Å². The highest BCUT2D eigenvalue weighted by Crippen LogP contribution is 2.16. The number of aryl methyl sites for hydroxylation is 3. The third-order valence-corrected chi connectivity index (χ3v) is 10.0. The molecule has 2 aliphatic heterocycles. The molecule has 1 N–H and O–H groups in total. The molecule has 3 heterocycles. The van der Waals surface area contributed by atoms with Crippen molar-refractivity contribution in [1.29, 1.82) is 0 Å². The normalized spacial score (nSPS) is 18.1. The van der Waals surface area contributed by atoms with Gasteiger partial charge in [-0.2, -0.15) is 0 Å². The Kier molecular flexibility index (Phi) is 18.0. The fraction of sp³-hybridized carbons (Fsp3) is 0.610.